The minimum atomic E-state index is -0.717. The van der Waals surface area contributed by atoms with Crippen molar-refractivity contribution in [1.82, 2.24) is 9.13 Å². The van der Waals surface area contributed by atoms with E-state index in [4.69, 9.17) is 9.73 Å². The van der Waals surface area contributed by atoms with Crippen molar-refractivity contribution >= 4 is 34.7 Å². The van der Waals surface area contributed by atoms with E-state index >= 15 is 0 Å². The first-order chi connectivity index (χ1) is 21.7. The molecule has 0 aliphatic carbocycles. The molecule has 1 atom stereocenters. The van der Waals surface area contributed by atoms with E-state index in [1.807, 2.05) is 60.9 Å². The molecule has 1 aliphatic heterocycles. The van der Waals surface area contributed by atoms with Crippen LogP contribution in [0.25, 0.3) is 11.8 Å². The summed E-state index contributed by atoms with van der Waals surface area (Å²) in [6, 6.07) is 24.1. The molecule has 45 heavy (non-hydrogen) atoms. The molecule has 10 nitrogen and oxygen atoms in total. The summed E-state index contributed by atoms with van der Waals surface area (Å²) < 4.78 is 9.39. The number of nitrogens with one attached hydrogen (secondary N) is 1. The van der Waals surface area contributed by atoms with Crippen molar-refractivity contribution in [3.05, 3.63) is 149 Å². The highest BCUT2D eigenvalue weighted by atomic mass is 32.1. The Morgan fingerprint density at radius 3 is 2.36 bits per heavy atom. The van der Waals surface area contributed by atoms with E-state index < -0.39 is 11.0 Å². The molecule has 11 heteroatoms. The van der Waals surface area contributed by atoms with Gasteiger partial charge in [-0.2, -0.15) is 0 Å². The zero-order valence-corrected chi connectivity index (χ0v) is 25.8. The molecule has 6 rings (SSSR count). The third kappa shape index (κ3) is 5.49. The largest absolute Gasteiger partial charge is 0.497 e. The number of nitro groups is 1. The second kappa shape index (κ2) is 11.9. The number of para-hydroxylation sites is 1. The summed E-state index contributed by atoms with van der Waals surface area (Å²) in [4.78, 5) is 43.9. The number of anilines is 1. The fourth-order valence-corrected chi connectivity index (χ4v) is 6.67. The first-order valence-electron chi connectivity index (χ1n) is 14.1. The monoisotopic (exact) mass is 619 g/mol. The van der Waals surface area contributed by atoms with Crippen LogP contribution in [0.15, 0.2) is 106 Å². The Hall–Kier alpha value is -5.55. The van der Waals surface area contributed by atoms with Crippen LogP contribution in [0.5, 0.6) is 5.75 Å². The number of fused-ring (bicyclic) bond motifs is 1. The van der Waals surface area contributed by atoms with Gasteiger partial charge in [0.15, 0.2) is 4.80 Å². The number of carbonyl (C=O) groups excluding carboxylic acids is 1. The first-order valence-corrected chi connectivity index (χ1v) is 14.9. The molecule has 1 amide bonds. The number of methoxy groups -OCH3 is 1. The van der Waals surface area contributed by atoms with Crippen molar-refractivity contribution < 1.29 is 14.5 Å². The predicted octanol–water partition coefficient (Wildman–Crippen LogP) is 5.20. The van der Waals surface area contributed by atoms with Gasteiger partial charge in [-0.15, -0.1) is 0 Å². The number of nitro benzene ring substituents is 1. The third-order valence-electron chi connectivity index (χ3n) is 7.81. The summed E-state index contributed by atoms with van der Waals surface area (Å²) in [5.41, 5.74) is 5.41. The highest BCUT2D eigenvalue weighted by Gasteiger charge is 2.32. The SMILES string of the molecule is COc1ccc([C@H]2C(C(=O)Nc3ccccc3)=C(C)N=c3s/c(=C/c4cc(C)n(-c5ccc([N+](=O)[O-])cc5)c4C)c(=O)n32)cc1. The Morgan fingerprint density at radius 1 is 1.02 bits per heavy atom. The van der Waals surface area contributed by atoms with Gasteiger partial charge < -0.3 is 14.6 Å². The van der Waals surface area contributed by atoms with Crippen LogP contribution >= 0.6 is 11.3 Å². The number of rotatable bonds is 7. The maximum atomic E-state index is 14.2. The minimum Gasteiger partial charge on any atom is -0.497 e. The van der Waals surface area contributed by atoms with Gasteiger partial charge in [-0.1, -0.05) is 41.7 Å². The van der Waals surface area contributed by atoms with Crippen molar-refractivity contribution in [3.8, 4) is 11.4 Å². The minimum absolute atomic E-state index is 0.0149. The average Bonchev–Trinajstić information content (AvgIpc) is 3.49. The summed E-state index contributed by atoms with van der Waals surface area (Å²) in [6.07, 6.45) is 1.84. The Bertz CT molecular complexity index is 2160. The Labute approximate surface area is 262 Å². The van der Waals surface area contributed by atoms with E-state index in [1.165, 1.54) is 23.5 Å². The standard InChI is InChI=1S/C34H29N5O5S/c1-20-18-24(22(3)37(20)26-12-14-27(15-13-26)39(42)43)19-29-33(41)38-31(23-10-16-28(44-4)17-11-23)30(21(2)35-34(38)45-29)32(40)36-25-8-6-5-7-9-25/h5-19,31H,1-4H3,(H,36,40)/b29-19+/t31-/m0/s1. The lowest BCUT2D eigenvalue weighted by Gasteiger charge is -2.25. The molecule has 1 aliphatic rings. The molecule has 0 saturated heterocycles. The number of allylic oxidation sites excluding steroid dienone is 1. The Kier molecular flexibility index (Phi) is 7.78. The molecule has 3 heterocycles. The summed E-state index contributed by atoms with van der Waals surface area (Å²) in [6.45, 7) is 5.66. The second-order valence-corrected chi connectivity index (χ2v) is 11.6. The highest BCUT2D eigenvalue weighted by Crippen LogP contribution is 2.32. The Balaban J connectivity index is 1.47. The summed E-state index contributed by atoms with van der Waals surface area (Å²) in [5.74, 6) is 0.315. The van der Waals surface area contributed by atoms with Crippen molar-refractivity contribution in [2.45, 2.75) is 26.8 Å². The zero-order chi connectivity index (χ0) is 31.8. The van der Waals surface area contributed by atoms with Gasteiger partial charge in [0.1, 0.15) is 5.75 Å². The van der Waals surface area contributed by atoms with Crippen molar-refractivity contribution in [3.63, 3.8) is 0 Å². The summed E-state index contributed by atoms with van der Waals surface area (Å²) in [7, 11) is 1.58. The van der Waals surface area contributed by atoms with Crippen molar-refractivity contribution in [1.29, 1.82) is 0 Å². The van der Waals surface area contributed by atoms with E-state index in [1.54, 1.807) is 55.0 Å². The van der Waals surface area contributed by atoms with E-state index in [0.717, 1.165) is 28.2 Å². The number of aryl methyl sites for hydroxylation is 1. The fourth-order valence-electron chi connectivity index (χ4n) is 5.63. The van der Waals surface area contributed by atoms with Gasteiger partial charge in [0, 0.05) is 34.9 Å². The zero-order valence-electron chi connectivity index (χ0n) is 25.0. The normalized spacial score (nSPS) is 14.6. The topological polar surface area (TPSA) is 121 Å². The van der Waals surface area contributed by atoms with E-state index in [-0.39, 0.29) is 17.2 Å². The van der Waals surface area contributed by atoms with Gasteiger partial charge in [-0.05, 0) is 80.4 Å². The van der Waals surface area contributed by atoms with E-state index in [9.17, 15) is 19.7 Å². The van der Waals surface area contributed by atoms with Crippen LogP contribution in [0.1, 0.15) is 35.5 Å². The summed E-state index contributed by atoms with van der Waals surface area (Å²) >= 11 is 1.26. The number of amides is 1. The number of benzene rings is 3. The molecule has 3 aromatic carbocycles. The molecule has 5 aromatic rings. The predicted molar refractivity (Wildman–Crippen MR) is 174 cm³/mol. The lowest BCUT2D eigenvalue weighted by molar-refractivity contribution is -0.384. The van der Waals surface area contributed by atoms with Crippen LogP contribution in [-0.2, 0) is 4.79 Å². The number of aromatic nitrogens is 2. The molecule has 0 bridgehead atoms. The summed E-state index contributed by atoms with van der Waals surface area (Å²) in [5, 5.41) is 14.1. The van der Waals surface area contributed by atoms with Gasteiger partial charge in [0.2, 0.25) is 0 Å². The lowest BCUT2D eigenvalue weighted by atomic mass is 9.95. The van der Waals surface area contributed by atoms with E-state index in [0.29, 0.717) is 32.0 Å². The molecule has 0 saturated carbocycles. The maximum Gasteiger partial charge on any atom is 0.271 e. The second-order valence-electron chi connectivity index (χ2n) is 10.6. The molecule has 0 unspecified atom stereocenters. The number of hydrogen-bond donors (Lipinski definition) is 1. The van der Waals surface area contributed by atoms with Gasteiger partial charge in [-0.3, -0.25) is 24.3 Å². The highest BCUT2D eigenvalue weighted by molar-refractivity contribution is 7.07. The van der Waals surface area contributed by atoms with Crippen LogP contribution in [0, 0.1) is 24.0 Å². The van der Waals surface area contributed by atoms with Crippen LogP contribution < -0.4 is 24.9 Å². The number of non-ortho nitro benzene ring substituents is 1. The first kappa shape index (κ1) is 29.5. The van der Waals surface area contributed by atoms with E-state index in [2.05, 4.69) is 5.32 Å². The smallest absolute Gasteiger partial charge is 0.271 e. The number of thiazole rings is 1. The molecular weight excluding hydrogens is 590 g/mol. The van der Waals surface area contributed by atoms with Crippen LogP contribution in [0.3, 0.4) is 0 Å². The molecule has 0 spiro atoms. The number of nitrogens with zero attached hydrogens (tertiary/aromatic N) is 4. The van der Waals surface area contributed by atoms with Crippen LogP contribution in [0.4, 0.5) is 11.4 Å². The lowest BCUT2D eigenvalue weighted by Crippen LogP contribution is -2.40. The van der Waals surface area contributed by atoms with Crippen LogP contribution in [0.2, 0.25) is 0 Å². The van der Waals surface area contributed by atoms with Gasteiger partial charge in [-0.25, -0.2) is 4.99 Å². The average molecular weight is 620 g/mol. The molecular formula is C34H29N5O5S. The van der Waals surface area contributed by atoms with Crippen LogP contribution in [-0.4, -0.2) is 27.1 Å². The third-order valence-corrected chi connectivity index (χ3v) is 8.79. The molecule has 0 radical (unpaired) electrons. The Morgan fingerprint density at radius 2 is 1.71 bits per heavy atom. The molecule has 0 fully saturated rings. The number of ether oxygens (including phenoxy) is 1. The molecule has 2 aromatic heterocycles. The van der Waals surface area contributed by atoms with Gasteiger partial charge >= 0.3 is 0 Å². The maximum absolute atomic E-state index is 14.2. The van der Waals surface area contributed by atoms with Gasteiger partial charge in [0.25, 0.3) is 17.2 Å². The fraction of sp³-hybridized carbons (Fsp3) is 0.147. The molecule has 1 N–H and O–H groups in total. The van der Waals surface area contributed by atoms with Crippen molar-refractivity contribution in [2.75, 3.05) is 12.4 Å². The van der Waals surface area contributed by atoms with Crippen molar-refractivity contribution in [2.24, 2.45) is 4.99 Å². The number of hydrogen-bond acceptors (Lipinski definition) is 7. The number of carbonyl (C=O) groups is 1. The molecule has 226 valence electrons. The van der Waals surface area contributed by atoms with Gasteiger partial charge in [0.05, 0.1) is 33.9 Å². The quantitative estimate of drug-likeness (QED) is 0.198.